The highest BCUT2D eigenvalue weighted by molar-refractivity contribution is 9.10. The largest absolute Gasteiger partial charge is 0.495 e. The lowest BCUT2D eigenvalue weighted by Gasteiger charge is -2.18. The van der Waals surface area contributed by atoms with E-state index < -0.39 is 11.9 Å². The molecule has 2 N–H and O–H groups in total. The van der Waals surface area contributed by atoms with E-state index in [4.69, 9.17) is 33.7 Å². The van der Waals surface area contributed by atoms with Gasteiger partial charge in [0.25, 0.3) is 0 Å². The van der Waals surface area contributed by atoms with Gasteiger partial charge in [0.05, 0.1) is 17.6 Å². The summed E-state index contributed by atoms with van der Waals surface area (Å²) in [6.45, 7) is 0. The molecular formula is C14H11BrCl2FNO. The molecule has 0 saturated heterocycles. The molecule has 0 aliphatic rings. The average molecular weight is 379 g/mol. The molecule has 1 atom stereocenters. The van der Waals surface area contributed by atoms with E-state index in [9.17, 15) is 4.39 Å². The van der Waals surface area contributed by atoms with E-state index >= 15 is 0 Å². The molecule has 20 heavy (non-hydrogen) atoms. The van der Waals surface area contributed by atoms with E-state index in [0.717, 1.165) is 0 Å². The normalized spacial score (nSPS) is 12.3. The van der Waals surface area contributed by atoms with Crippen LogP contribution in [0.25, 0.3) is 0 Å². The van der Waals surface area contributed by atoms with Crippen LogP contribution in [0.15, 0.2) is 34.8 Å². The monoisotopic (exact) mass is 377 g/mol. The smallest absolute Gasteiger partial charge is 0.138 e. The highest BCUT2D eigenvalue weighted by Crippen LogP contribution is 2.38. The number of rotatable bonds is 3. The van der Waals surface area contributed by atoms with Crippen LogP contribution in [0.3, 0.4) is 0 Å². The summed E-state index contributed by atoms with van der Waals surface area (Å²) in [5, 5.41) is 0.891. The van der Waals surface area contributed by atoms with Crippen molar-refractivity contribution in [3.05, 3.63) is 61.8 Å². The fourth-order valence-electron chi connectivity index (χ4n) is 1.95. The fourth-order valence-corrected chi connectivity index (χ4v) is 3.12. The van der Waals surface area contributed by atoms with E-state index in [0.29, 0.717) is 25.8 Å². The molecule has 2 nitrogen and oxygen atoms in total. The van der Waals surface area contributed by atoms with Crippen molar-refractivity contribution in [2.24, 2.45) is 5.73 Å². The van der Waals surface area contributed by atoms with Crippen LogP contribution in [0.4, 0.5) is 4.39 Å². The SMILES string of the molecule is COc1c(Br)cc(Cl)cc1C(N)c1cc(Cl)ccc1F. The molecule has 0 amide bonds. The highest BCUT2D eigenvalue weighted by atomic mass is 79.9. The summed E-state index contributed by atoms with van der Waals surface area (Å²) in [7, 11) is 1.51. The van der Waals surface area contributed by atoms with Crippen molar-refractivity contribution in [2.45, 2.75) is 6.04 Å². The Morgan fingerprint density at radius 3 is 2.45 bits per heavy atom. The summed E-state index contributed by atoms with van der Waals surface area (Å²) in [6, 6.07) is 6.84. The van der Waals surface area contributed by atoms with Crippen molar-refractivity contribution in [3.63, 3.8) is 0 Å². The molecule has 0 spiro atoms. The summed E-state index contributed by atoms with van der Waals surface area (Å²) in [5.41, 5.74) is 7.00. The zero-order chi connectivity index (χ0) is 14.9. The Balaban J connectivity index is 2.58. The van der Waals surface area contributed by atoms with Gasteiger partial charge in [0.1, 0.15) is 11.6 Å². The van der Waals surface area contributed by atoms with Crippen LogP contribution in [-0.2, 0) is 0 Å². The van der Waals surface area contributed by atoms with Gasteiger partial charge in [-0.1, -0.05) is 23.2 Å². The van der Waals surface area contributed by atoms with Crippen LogP contribution in [0, 0.1) is 5.82 Å². The molecule has 2 rings (SSSR count). The molecule has 0 saturated carbocycles. The van der Waals surface area contributed by atoms with E-state index in [1.165, 1.54) is 25.3 Å². The molecule has 0 heterocycles. The Kier molecular flexibility index (Phi) is 4.91. The number of methoxy groups -OCH3 is 1. The second-order valence-corrected chi connectivity index (χ2v) is 5.88. The predicted molar refractivity (Wildman–Crippen MR) is 83.1 cm³/mol. The summed E-state index contributed by atoms with van der Waals surface area (Å²) in [6.07, 6.45) is 0. The number of hydrogen-bond acceptors (Lipinski definition) is 2. The highest BCUT2D eigenvalue weighted by Gasteiger charge is 2.20. The predicted octanol–water partition coefficient (Wildman–Crippen LogP) is 4.95. The molecule has 6 heteroatoms. The Hall–Kier alpha value is -0.810. The lowest BCUT2D eigenvalue weighted by Crippen LogP contribution is -2.15. The standard InChI is InChI=1S/C14H11BrCl2FNO/c1-20-14-10(5-8(17)6-11(14)15)13(19)9-4-7(16)2-3-12(9)18/h2-6,13H,19H2,1H3. The van der Waals surface area contributed by atoms with Gasteiger partial charge in [-0.3, -0.25) is 0 Å². The van der Waals surface area contributed by atoms with E-state index in [-0.39, 0.29) is 5.56 Å². The van der Waals surface area contributed by atoms with Crippen LogP contribution in [-0.4, -0.2) is 7.11 Å². The molecule has 2 aromatic rings. The van der Waals surface area contributed by atoms with Gasteiger partial charge in [0.15, 0.2) is 0 Å². The van der Waals surface area contributed by atoms with Gasteiger partial charge in [-0.25, -0.2) is 4.39 Å². The van der Waals surface area contributed by atoms with Gasteiger partial charge in [-0.05, 0) is 46.3 Å². The van der Waals surface area contributed by atoms with Crippen LogP contribution >= 0.6 is 39.1 Å². The minimum atomic E-state index is -0.737. The van der Waals surface area contributed by atoms with Gasteiger partial charge in [-0.2, -0.15) is 0 Å². The third-order valence-electron chi connectivity index (χ3n) is 2.87. The second-order valence-electron chi connectivity index (χ2n) is 4.15. The van der Waals surface area contributed by atoms with Crippen LogP contribution in [0.1, 0.15) is 17.2 Å². The van der Waals surface area contributed by atoms with Crippen molar-refractivity contribution < 1.29 is 9.13 Å². The first-order valence-electron chi connectivity index (χ1n) is 5.67. The van der Waals surface area contributed by atoms with Gasteiger partial charge in [-0.15, -0.1) is 0 Å². The number of hydrogen-bond donors (Lipinski definition) is 1. The van der Waals surface area contributed by atoms with Gasteiger partial charge >= 0.3 is 0 Å². The number of halogens is 4. The van der Waals surface area contributed by atoms with Crippen LogP contribution < -0.4 is 10.5 Å². The molecule has 0 fully saturated rings. The molecule has 0 aliphatic heterocycles. The average Bonchev–Trinajstić information content (AvgIpc) is 2.40. The van der Waals surface area contributed by atoms with Crippen molar-refractivity contribution >= 4 is 39.1 Å². The minimum Gasteiger partial charge on any atom is -0.495 e. The number of ether oxygens (including phenoxy) is 1. The molecular weight excluding hydrogens is 368 g/mol. The third-order valence-corrected chi connectivity index (χ3v) is 3.91. The zero-order valence-corrected chi connectivity index (χ0v) is 13.6. The van der Waals surface area contributed by atoms with Crippen LogP contribution in [0.5, 0.6) is 5.75 Å². The van der Waals surface area contributed by atoms with Gasteiger partial charge < -0.3 is 10.5 Å². The molecule has 1 unspecified atom stereocenters. The first-order chi connectivity index (χ1) is 9.43. The first kappa shape index (κ1) is 15.6. The van der Waals surface area contributed by atoms with Crippen molar-refractivity contribution in [3.8, 4) is 5.75 Å². The maximum Gasteiger partial charge on any atom is 0.138 e. The summed E-state index contributed by atoms with van der Waals surface area (Å²) < 4.78 is 19.9. The Bertz CT molecular complexity index is 651. The Morgan fingerprint density at radius 1 is 1.15 bits per heavy atom. The minimum absolute atomic E-state index is 0.282. The van der Waals surface area contributed by atoms with E-state index in [1.54, 1.807) is 12.1 Å². The summed E-state index contributed by atoms with van der Waals surface area (Å²) in [4.78, 5) is 0. The fraction of sp³-hybridized carbons (Fsp3) is 0.143. The maximum atomic E-state index is 13.9. The van der Waals surface area contributed by atoms with Gasteiger partial charge in [0, 0.05) is 21.2 Å². The molecule has 2 aromatic carbocycles. The van der Waals surface area contributed by atoms with Crippen molar-refractivity contribution in [1.29, 1.82) is 0 Å². The molecule has 0 aliphatic carbocycles. The second kappa shape index (κ2) is 6.31. The zero-order valence-electron chi connectivity index (χ0n) is 10.5. The lowest BCUT2D eigenvalue weighted by atomic mass is 9.98. The third kappa shape index (κ3) is 3.09. The summed E-state index contributed by atoms with van der Waals surface area (Å²) >= 11 is 15.3. The Morgan fingerprint density at radius 2 is 1.80 bits per heavy atom. The van der Waals surface area contributed by atoms with Crippen molar-refractivity contribution in [1.82, 2.24) is 0 Å². The lowest BCUT2D eigenvalue weighted by molar-refractivity contribution is 0.404. The molecule has 0 bridgehead atoms. The number of benzene rings is 2. The topological polar surface area (TPSA) is 35.2 Å². The Labute approximate surface area is 134 Å². The molecule has 106 valence electrons. The molecule has 0 radical (unpaired) electrons. The van der Waals surface area contributed by atoms with Crippen LogP contribution in [0.2, 0.25) is 10.0 Å². The van der Waals surface area contributed by atoms with E-state index in [1.807, 2.05) is 0 Å². The summed E-state index contributed by atoms with van der Waals surface area (Å²) in [5.74, 6) is 0.0846. The molecule has 0 aromatic heterocycles. The van der Waals surface area contributed by atoms with Gasteiger partial charge in [0.2, 0.25) is 0 Å². The number of nitrogens with two attached hydrogens (primary N) is 1. The van der Waals surface area contributed by atoms with E-state index in [2.05, 4.69) is 15.9 Å². The van der Waals surface area contributed by atoms with Crippen molar-refractivity contribution in [2.75, 3.05) is 7.11 Å². The quantitative estimate of drug-likeness (QED) is 0.819. The first-order valence-corrected chi connectivity index (χ1v) is 7.22. The maximum absolute atomic E-state index is 13.9.